The summed E-state index contributed by atoms with van der Waals surface area (Å²) in [5.41, 5.74) is 0.253. The molecule has 0 saturated heterocycles. The Bertz CT molecular complexity index is 133. The van der Waals surface area contributed by atoms with Crippen molar-refractivity contribution in [3.8, 4) is 0 Å². The second-order valence-corrected chi connectivity index (χ2v) is 3.29. The number of hydrazine groups is 1. The largest absolute Gasteiger partial charge is 0.301 e. The zero-order chi connectivity index (χ0) is 6.91. The molecular formula is C6H14ClN3. The van der Waals surface area contributed by atoms with Crippen molar-refractivity contribution >= 4 is 18.7 Å². The molecule has 0 amide bonds. The Morgan fingerprint density at radius 3 is 2.50 bits per heavy atom. The predicted molar refractivity (Wildman–Crippen MR) is 45.3 cm³/mol. The molecule has 0 fully saturated rings. The van der Waals surface area contributed by atoms with Crippen molar-refractivity contribution in [1.29, 1.82) is 0 Å². The monoisotopic (exact) mass is 163 g/mol. The van der Waals surface area contributed by atoms with E-state index < -0.39 is 0 Å². The van der Waals surface area contributed by atoms with Crippen LogP contribution < -0.4 is 5.84 Å². The smallest absolute Gasteiger partial charge is 0.0990 e. The molecule has 0 atom stereocenters. The van der Waals surface area contributed by atoms with Crippen LogP contribution in [-0.2, 0) is 0 Å². The number of hydrogen-bond acceptors (Lipinski definition) is 3. The topological polar surface area (TPSA) is 41.6 Å². The molecule has 60 valence electrons. The molecule has 1 heterocycles. The van der Waals surface area contributed by atoms with E-state index in [2.05, 4.69) is 18.8 Å². The maximum absolute atomic E-state index is 5.49. The lowest BCUT2D eigenvalue weighted by Crippen LogP contribution is -2.43. The van der Waals surface area contributed by atoms with Gasteiger partial charge in [-0.2, -0.15) is 0 Å². The van der Waals surface area contributed by atoms with Gasteiger partial charge in [0.05, 0.1) is 6.34 Å². The average molecular weight is 164 g/mol. The van der Waals surface area contributed by atoms with Crippen molar-refractivity contribution in [3.05, 3.63) is 0 Å². The lowest BCUT2D eigenvalue weighted by molar-refractivity contribution is 0.251. The standard InChI is InChI=1S/C6H13N3.ClH/c1-6(2)3-8-5-9(7)4-6;/h5H,3-4,7H2,1-2H3;1H. The van der Waals surface area contributed by atoms with Gasteiger partial charge >= 0.3 is 0 Å². The van der Waals surface area contributed by atoms with E-state index in [0.717, 1.165) is 13.1 Å². The van der Waals surface area contributed by atoms with Gasteiger partial charge < -0.3 is 5.01 Å². The minimum atomic E-state index is 0. The summed E-state index contributed by atoms with van der Waals surface area (Å²) in [6.07, 6.45) is 1.69. The first-order valence-electron chi connectivity index (χ1n) is 3.11. The third-order valence-corrected chi connectivity index (χ3v) is 1.36. The molecule has 0 unspecified atom stereocenters. The van der Waals surface area contributed by atoms with Crippen molar-refractivity contribution in [3.63, 3.8) is 0 Å². The van der Waals surface area contributed by atoms with Crippen molar-refractivity contribution < 1.29 is 0 Å². The van der Waals surface area contributed by atoms with Crippen LogP contribution >= 0.6 is 12.4 Å². The molecule has 4 heteroatoms. The summed E-state index contributed by atoms with van der Waals surface area (Å²) >= 11 is 0. The highest BCUT2D eigenvalue weighted by Gasteiger charge is 2.21. The van der Waals surface area contributed by atoms with Gasteiger partial charge in [0, 0.05) is 18.5 Å². The Labute approximate surface area is 67.7 Å². The van der Waals surface area contributed by atoms with Gasteiger partial charge in [0.1, 0.15) is 0 Å². The second kappa shape index (κ2) is 3.21. The van der Waals surface area contributed by atoms with E-state index in [1.54, 1.807) is 11.3 Å². The highest BCUT2D eigenvalue weighted by Crippen LogP contribution is 2.17. The van der Waals surface area contributed by atoms with Gasteiger partial charge in [-0.3, -0.25) is 4.99 Å². The molecular weight excluding hydrogens is 150 g/mol. The first-order valence-corrected chi connectivity index (χ1v) is 3.11. The molecule has 0 bridgehead atoms. The molecule has 0 aliphatic carbocycles. The fraction of sp³-hybridized carbons (Fsp3) is 0.833. The lowest BCUT2D eigenvalue weighted by Gasteiger charge is -2.30. The van der Waals surface area contributed by atoms with Crippen LogP contribution in [0.1, 0.15) is 13.8 Å². The van der Waals surface area contributed by atoms with Gasteiger partial charge in [-0.05, 0) is 0 Å². The van der Waals surface area contributed by atoms with Gasteiger partial charge in [-0.25, -0.2) is 5.84 Å². The molecule has 3 nitrogen and oxygen atoms in total. The minimum Gasteiger partial charge on any atom is -0.301 e. The van der Waals surface area contributed by atoms with E-state index in [4.69, 9.17) is 5.84 Å². The molecule has 1 aliphatic rings. The van der Waals surface area contributed by atoms with Crippen LogP contribution in [0.3, 0.4) is 0 Å². The quantitative estimate of drug-likeness (QED) is 0.533. The Kier molecular flexibility index (Phi) is 3.12. The summed E-state index contributed by atoms with van der Waals surface area (Å²) in [5, 5.41) is 1.63. The molecule has 0 saturated carbocycles. The maximum Gasteiger partial charge on any atom is 0.0990 e. The van der Waals surface area contributed by atoms with Crippen LogP contribution in [0.5, 0.6) is 0 Å². The molecule has 0 aromatic heterocycles. The van der Waals surface area contributed by atoms with E-state index in [1.165, 1.54) is 0 Å². The molecule has 0 radical (unpaired) electrons. The van der Waals surface area contributed by atoms with Gasteiger partial charge in [-0.15, -0.1) is 12.4 Å². The van der Waals surface area contributed by atoms with Crippen LogP contribution in [0.2, 0.25) is 0 Å². The number of nitrogens with two attached hydrogens (primary N) is 1. The van der Waals surface area contributed by atoms with Crippen LogP contribution in [0.25, 0.3) is 0 Å². The van der Waals surface area contributed by atoms with Crippen LogP contribution in [0.4, 0.5) is 0 Å². The highest BCUT2D eigenvalue weighted by atomic mass is 35.5. The van der Waals surface area contributed by atoms with Crippen molar-refractivity contribution in [2.75, 3.05) is 13.1 Å². The average Bonchev–Trinajstić information content (AvgIpc) is 1.60. The number of rotatable bonds is 0. The third kappa shape index (κ3) is 2.54. The number of hydrogen-bond donors (Lipinski definition) is 1. The molecule has 1 aliphatic heterocycles. The van der Waals surface area contributed by atoms with Gasteiger partial charge in [0.15, 0.2) is 0 Å². The van der Waals surface area contributed by atoms with E-state index in [-0.39, 0.29) is 17.8 Å². The van der Waals surface area contributed by atoms with Crippen LogP contribution in [-0.4, -0.2) is 24.4 Å². The molecule has 0 aromatic rings. The Hall–Kier alpha value is -0.280. The summed E-state index contributed by atoms with van der Waals surface area (Å²) in [4.78, 5) is 4.09. The zero-order valence-corrected chi connectivity index (χ0v) is 7.19. The van der Waals surface area contributed by atoms with Gasteiger partial charge in [0.25, 0.3) is 0 Å². The molecule has 2 N–H and O–H groups in total. The van der Waals surface area contributed by atoms with Crippen LogP contribution in [0, 0.1) is 5.41 Å². The maximum atomic E-state index is 5.49. The normalized spacial score (nSPS) is 22.1. The molecule has 0 aromatic carbocycles. The van der Waals surface area contributed by atoms with Gasteiger partial charge in [-0.1, -0.05) is 13.8 Å². The molecule has 1 rings (SSSR count). The number of nitrogens with zero attached hydrogens (tertiary/aromatic N) is 2. The first-order chi connectivity index (χ1) is 4.10. The Morgan fingerprint density at radius 1 is 1.60 bits per heavy atom. The van der Waals surface area contributed by atoms with E-state index in [0.29, 0.717) is 0 Å². The second-order valence-electron chi connectivity index (χ2n) is 3.29. The van der Waals surface area contributed by atoms with E-state index in [1.807, 2.05) is 0 Å². The summed E-state index contributed by atoms with van der Waals surface area (Å²) in [5.74, 6) is 5.49. The Morgan fingerprint density at radius 2 is 2.20 bits per heavy atom. The summed E-state index contributed by atoms with van der Waals surface area (Å²) in [7, 11) is 0. The summed E-state index contributed by atoms with van der Waals surface area (Å²) < 4.78 is 0. The minimum absolute atomic E-state index is 0. The fourth-order valence-corrected chi connectivity index (χ4v) is 0.978. The third-order valence-electron chi connectivity index (χ3n) is 1.36. The lowest BCUT2D eigenvalue weighted by atomic mass is 9.93. The van der Waals surface area contributed by atoms with Crippen LogP contribution in [0.15, 0.2) is 4.99 Å². The SMILES string of the molecule is CC1(C)CN=CN(N)C1.Cl. The first kappa shape index (κ1) is 9.72. The van der Waals surface area contributed by atoms with E-state index >= 15 is 0 Å². The highest BCUT2D eigenvalue weighted by molar-refractivity contribution is 5.85. The molecule has 10 heavy (non-hydrogen) atoms. The fourth-order valence-electron chi connectivity index (χ4n) is 0.978. The predicted octanol–water partition coefficient (Wildman–Crippen LogP) is 0.652. The van der Waals surface area contributed by atoms with E-state index in [9.17, 15) is 0 Å². The summed E-state index contributed by atoms with van der Waals surface area (Å²) in [6.45, 7) is 6.10. The number of halogens is 1. The van der Waals surface area contributed by atoms with Gasteiger partial charge in [0.2, 0.25) is 0 Å². The molecule has 0 spiro atoms. The Balaban J connectivity index is 0.000000810. The zero-order valence-electron chi connectivity index (χ0n) is 6.37. The summed E-state index contributed by atoms with van der Waals surface area (Å²) in [6, 6.07) is 0. The number of aliphatic imine (C=N–C) groups is 1. The van der Waals surface area contributed by atoms with Crippen molar-refractivity contribution in [2.45, 2.75) is 13.8 Å². The van der Waals surface area contributed by atoms with Crippen molar-refractivity contribution in [1.82, 2.24) is 5.01 Å². The van der Waals surface area contributed by atoms with Crippen molar-refractivity contribution in [2.24, 2.45) is 16.3 Å².